The first-order valence-corrected chi connectivity index (χ1v) is 5.12. The molecule has 0 atom stereocenters. The molecular weight excluding hydrogens is 164 g/mol. The van der Waals surface area contributed by atoms with Gasteiger partial charge in [0.15, 0.2) is 6.29 Å². The minimum absolute atomic E-state index is 0.0143. The summed E-state index contributed by atoms with van der Waals surface area (Å²) in [5, 5.41) is 0. The Morgan fingerprint density at radius 1 is 1.15 bits per heavy atom. The molecule has 0 radical (unpaired) electrons. The van der Waals surface area contributed by atoms with Crippen LogP contribution in [0.1, 0.15) is 39.0 Å². The molecule has 0 aromatic rings. The standard InChI is InChI=1S/C11H18O2/c1-2-3-4-5-6-7-8-11-12-9-10-13-11/h11H,2-4,7-10H2,1H3. The van der Waals surface area contributed by atoms with Gasteiger partial charge in [-0.1, -0.05) is 13.3 Å². The van der Waals surface area contributed by atoms with Crippen LogP contribution >= 0.6 is 0 Å². The van der Waals surface area contributed by atoms with Crippen LogP contribution in [-0.4, -0.2) is 19.5 Å². The highest BCUT2D eigenvalue weighted by molar-refractivity contribution is 4.98. The van der Waals surface area contributed by atoms with E-state index in [1.165, 1.54) is 12.8 Å². The average molecular weight is 182 g/mol. The van der Waals surface area contributed by atoms with Gasteiger partial charge in [-0.2, -0.15) is 0 Å². The smallest absolute Gasteiger partial charge is 0.158 e. The Kier molecular flexibility index (Phi) is 5.64. The fraction of sp³-hybridized carbons (Fsp3) is 0.818. The lowest BCUT2D eigenvalue weighted by molar-refractivity contribution is -0.0454. The lowest BCUT2D eigenvalue weighted by Crippen LogP contribution is -2.05. The van der Waals surface area contributed by atoms with Gasteiger partial charge < -0.3 is 9.47 Å². The van der Waals surface area contributed by atoms with Crippen molar-refractivity contribution < 1.29 is 9.47 Å². The number of ether oxygens (including phenoxy) is 2. The molecule has 0 aromatic heterocycles. The quantitative estimate of drug-likeness (QED) is 0.490. The molecule has 2 heteroatoms. The van der Waals surface area contributed by atoms with Crippen molar-refractivity contribution in [2.45, 2.75) is 45.3 Å². The SMILES string of the molecule is CCCCC#CCCC1OCCO1. The Morgan fingerprint density at radius 3 is 2.54 bits per heavy atom. The zero-order chi connectivity index (χ0) is 9.36. The second-order valence-electron chi connectivity index (χ2n) is 3.17. The zero-order valence-corrected chi connectivity index (χ0v) is 8.34. The molecule has 1 heterocycles. The van der Waals surface area contributed by atoms with E-state index in [1.54, 1.807) is 0 Å². The summed E-state index contributed by atoms with van der Waals surface area (Å²) < 4.78 is 10.6. The summed E-state index contributed by atoms with van der Waals surface area (Å²) in [7, 11) is 0. The van der Waals surface area contributed by atoms with E-state index in [9.17, 15) is 0 Å². The van der Waals surface area contributed by atoms with Crippen LogP contribution in [0.15, 0.2) is 0 Å². The molecule has 0 N–H and O–H groups in total. The number of hydrogen-bond acceptors (Lipinski definition) is 2. The van der Waals surface area contributed by atoms with E-state index in [4.69, 9.17) is 9.47 Å². The topological polar surface area (TPSA) is 18.5 Å². The van der Waals surface area contributed by atoms with Gasteiger partial charge in [-0.05, 0) is 6.42 Å². The van der Waals surface area contributed by atoms with Crippen LogP contribution < -0.4 is 0 Å². The van der Waals surface area contributed by atoms with Gasteiger partial charge in [0.25, 0.3) is 0 Å². The maximum atomic E-state index is 5.29. The summed E-state index contributed by atoms with van der Waals surface area (Å²) in [6, 6.07) is 0. The summed E-state index contributed by atoms with van der Waals surface area (Å²) in [5.74, 6) is 6.29. The molecule has 13 heavy (non-hydrogen) atoms. The first kappa shape index (κ1) is 10.6. The molecule has 74 valence electrons. The van der Waals surface area contributed by atoms with Crippen LogP contribution in [0.5, 0.6) is 0 Å². The van der Waals surface area contributed by atoms with E-state index in [-0.39, 0.29) is 6.29 Å². The van der Waals surface area contributed by atoms with E-state index in [0.717, 1.165) is 32.5 Å². The van der Waals surface area contributed by atoms with Crippen molar-refractivity contribution in [1.29, 1.82) is 0 Å². The normalized spacial score (nSPS) is 17.0. The molecule has 0 spiro atoms. The van der Waals surface area contributed by atoms with E-state index >= 15 is 0 Å². The second-order valence-corrected chi connectivity index (χ2v) is 3.17. The predicted octanol–water partition coefficient (Wildman–Crippen LogP) is 2.33. The molecule has 1 fully saturated rings. The molecule has 0 unspecified atom stereocenters. The molecule has 1 saturated heterocycles. The van der Waals surface area contributed by atoms with Crippen molar-refractivity contribution in [2.75, 3.05) is 13.2 Å². The lowest BCUT2D eigenvalue weighted by atomic mass is 10.2. The minimum Gasteiger partial charge on any atom is -0.350 e. The monoisotopic (exact) mass is 182 g/mol. The van der Waals surface area contributed by atoms with Gasteiger partial charge in [0.1, 0.15) is 0 Å². The molecule has 1 rings (SSSR count). The molecule has 1 aliphatic rings. The second kappa shape index (κ2) is 6.94. The van der Waals surface area contributed by atoms with Gasteiger partial charge in [0.2, 0.25) is 0 Å². The fourth-order valence-electron chi connectivity index (χ4n) is 1.21. The Labute approximate surface area is 80.6 Å². The summed E-state index contributed by atoms with van der Waals surface area (Å²) in [4.78, 5) is 0. The van der Waals surface area contributed by atoms with Crippen molar-refractivity contribution in [1.82, 2.24) is 0 Å². The van der Waals surface area contributed by atoms with E-state index < -0.39 is 0 Å². The van der Waals surface area contributed by atoms with Crippen LogP contribution in [0.3, 0.4) is 0 Å². The van der Waals surface area contributed by atoms with Gasteiger partial charge in [0.05, 0.1) is 13.2 Å². The zero-order valence-electron chi connectivity index (χ0n) is 8.34. The maximum Gasteiger partial charge on any atom is 0.158 e. The van der Waals surface area contributed by atoms with Gasteiger partial charge in [-0.3, -0.25) is 0 Å². The maximum absolute atomic E-state index is 5.29. The molecule has 0 amide bonds. The van der Waals surface area contributed by atoms with E-state index in [1.807, 2.05) is 0 Å². The molecule has 0 bridgehead atoms. The van der Waals surface area contributed by atoms with Crippen LogP contribution in [0, 0.1) is 11.8 Å². The Balaban J connectivity index is 1.94. The van der Waals surface area contributed by atoms with Crippen molar-refractivity contribution in [3.8, 4) is 11.8 Å². The first-order valence-electron chi connectivity index (χ1n) is 5.12. The molecule has 1 aliphatic heterocycles. The summed E-state index contributed by atoms with van der Waals surface area (Å²) in [6.07, 6.45) is 5.30. The lowest BCUT2D eigenvalue weighted by Gasteiger charge is -2.04. The molecule has 0 saturated carbocycles. The average Bonchev–Trinajstić information content (AvgIpc) is 2.63. The van der Waals surface area contributed by atoms with Crippen LogP contribution in [-0.2, 0) is 9.47 Å². The third-order valence-electron chi connectivity index (χ3n) is 1.98. The van der Waals surface area contributed by atoms with Crippen molar-refractivity contribution in [3.05, 3.63) is 0 Å². The Bertz CT molecular complexity index is 172. The molecular formula is C11H18O2. The van der Waals surface area contributed by atoms with Crippen molar-refractivity contribution in [2.24, 2.45) is 0 Å². The highest BCUT2D eigenvalue weighted by atomic mass is 16.7. The predicted molar refractivity (Wildman–Crippen MR) is 52.2 cm³/mol. The number of rotatable bonds is 4. The Hall–Kier alpha value is -0.520. The highest BCUT2D eigenvalue weighted by Crippen LogP contribution is 2.09. The first-order chi connectivity index (χ1) is 6.43. The van der Waals surface area contributed by atoms with Crippen molar-refractivity contribution >= 4 is 0 Å². The Morgan fingerprint density at radius 2 is 1.85 bits per heavy atom. The van der Waals surface area contributed by atoms with Crippen LogP contribution in [0.25, 0.3) is 0 Å². The minimum atomic E-state index is 0.0143. The van der Waals surface area contributed by atoms with Crippen LogP contribution in [0.4, 0.5) is 0 Å². The third-order valence-corrected chi connectivity index (χ3v) is 1.98. The van der Waals surface area contributed by atoms with Gasteiger partial charge in [0, 0.05) is 19.3 Å². The van der Waals surface area contributed by atoms with Gasteiger partial charge in [-0.15, -0.1) is 11.8 Å². The number of hydrogen-bond donors (Lipinski definition) is 0. The fourth-order valence-corrected chi connectivity index (χ4v) is 1.21. The summed E-state index contributed by atoms with van der Waals surface area (Å²) in [5.41, 5.74) is 0. The largest absolute Gasteiger partial charge is 0.350 e. The van der Waals surface area contributed by atoms with E-state index in [2.05, 4.69) is 18.8 Å². The molecule has 0 aliphatic carbocycles. The molecule has 0 aromatic carbocycles. The molecule has 2 nitrogen and oxygen atoms in total. The number of unbranched alkanes of at least 4 members (excludes halogenated alkanes) is 2. The van der Waals surface area contributed by atoms with Crippen molar-refractivity contribution in [3.63, 3.8) is 0 Å². The van der Waals surface area contributed by atoms with Crippen LogP contribution in [0.2, 0.25) is 0 Å². The van der Waals surface area contributed by atoms with Gasteiger partial charge >= 0.3 is 0 Å². The summed E-state index contributed by atoms with van der Waals surface area (Å²) >= 11 is 0. The van der Waals surface area contributed by atoms with Gasteiger partial charge in [-0.25, -0.2) is 0 Å². The van der Waals surface area contributed by atoms with E-state index in [0.29, 0.717) is 0 Å². The highest BCUT2D eigenvalue weighted by Gasteiger charge is 2.13. The third kappa shape index (κ3) is 4.92. The summed E-state index contributed by atoms with van der Waals surface area (Å²) in [6.45, 7) is 3.67.